The van der Waals surface area contributed by atoms with Gasteiger partial charge in [0.2, 0.25) is 0 Å². The first kappa shape index (κ1) is 8.74. The molecule has 0 unspecified atom stereocenters. The van der Waals surface area contributed by atoms with Crippen LogP contribution in [0.4, 0.5) is 5.95 Å². The molecular weight excluding hydrogens is 176 g/mol. The van der Waals surface area contributed by atoms with E-state index < -0.39 is 0 Å². The minimum atomic E-state index is 0.795. The van der Waals surface area contributed by atoms with Crippen molar-refractivity contribution in [1.82, 2.24) is 15.0 Å². The van der Waals surface area contributed by atoms with Crippen molar-refractivity contribution >= 4 is 5.95 Å². The summed E-state index contributed by atoms with van der Waals surface area (Å²) in [4.78, 5) is 11.4. The highest BCUT2D eigenvalue weighted by Gasteiger charge is 1.99. The Balaban J connectivity index is 2.11. The van der Waals surface area contributed by atoms with E-state index in [-0.39, 0.29) is 0 Å². The van der Waals surface area contributed by atoms with E-state index in [1.807, 2.05) is 31.6 Å². The van der Waals surface area contributed by atoms with E-state index in [0.717, 1.165) is 18.1 Å². The minimum Gasteiger partial charge on any atom is -0.359 e. The molecule has 4 nitrogen and oxygen atoms in total. The van der Waals surface area contributed by atoms with Crippen LogP contribution in [0.1, 0.15) is 11.3 Å². The molecule has 2 aromatic heterocycles. The fourth-order valence-electron chi connectivity index (χ4n) is 1.30. The fraction of sp³-hybridized carbons (Fsp3) is 0.200. The smallest absolute Gasteiger partial charge is 0.200 e. The Kier molecular flexibility index (Phi) is 2.44. The van der Waals surface area contributed by atoms with Gasteiger partial charge >= 0.3 is 0 Å². The monoisotopic (exact) mass is 188 g/mol. The van der Waals surface area contributed by atoms with E-state index >= 15 is 0 Å². The second-order valence-corrected chi connectivity index (χ2v) is 3.05. The van der Waals surface area contributed by atoms with Gasteiger partial charge in [-0.3, -0.25) is 4.98 Å². The number of anilines is 1. The Morgan fingerprint density at radius 1 is 1.43 bits per heavy atom. The van der Waals surface area contributed by atoms with Crippen LogP contribution in [0, 0.1) is 0 Å². The number of hydrogen-bond donors (Lipinski definition) is 2. The van der Waals surface area contributed by atoms with Crippen molar-refractivity contribution in [2.75, 3.05) is 12.4 Å². The quantitative estimate of drug-likeness (QED) is 0.766. The Labute approximate surface area is 82.4 Å². The SMILES string of the molecule is CNc1ncc(Cc2cccnc2)[nH]1. The molecule has 0 atom stereocenters. The summed E-state index contributed by atoms with van der Waals surface area (Å²) in [5, 5.41) is 2.95. The summed E-state index contributed by atoms with van der Waals surface area (Å²) in [6, 6.07) is 3.98. The average Bonchev–Trinajstić information content (AvgIpc) is 2.67. The van der Waals surface area contributed by atoms with Gasteiger partial charge in [-0.05, 0) is 11.6 Å². The summed E-state index contributed by atoms with van der Waals surface area (Å²) in [5.74, 6) is 0.795. The van der Waals surface area contributed by atoms with Crippen LogP contribution < -0.4 is 5.32 Å². The van der Waals surface area contributed by atoms with Crippen molar-refractivity contribution in [1.29, 1.82) is 0 Å². The molecule has 14 heavy (non-hydrogen) atoms. The van der Waals surface area contributed by atoms with Gasteiger partial charge in [0.15, 0.2) is 5.95 Å². The fourth-order valence-corrected chi connectivity index (χ4v) is 1.30. The summed E-state index contributed by atoms with van der Waals surface area (Å²) in [5.41, 5.74) is 2.26. The first-order valence-corrected chi connectivity index (χ1v) is 4.49. The standard InChI is InChI=1S/C10H12N4/c1-11-10-13-7-9(14-10)5-8-3-2-4-12-6-8/h2-4,6-7H,5H2,1H3,(H2,11,13,14). The number of hydrogen-bond acceptors (Lipinski definition) is 3. The van der Waals surface area contributed by atoms with Gasteiger partial charge in [0, 0.05) is 31.6 Å². The minimum absolute atomic E-state index is 0.795. The Bertz CT molecular complexity index is 394. The molecule has 0 aliphatic rings. The second kappa shape index (κ2) is 3.91. The average molecular weight is 188 g/mol. The van der Waals surface area contributed by atoms with Crippen LogP contribution in [0.5, 0.6) is 0 Å². The zero-order valence-corrected chi connectivity index (χ0v) is 7.99. The molecule has 2 N–H and O–H groups in total. The molecule has 72 valence electrons. The van der Waals surface area contributed by atoms with Crippen molar-refractivity contribution < 1.29 is 0 Å². The van der Waals surface area contributed by atoms with Crippen LogP contribution >= 0.6 is 0 Å². The van der Waals surface area contributed by atoms with E-state index in [9.17, 15) is 0 Å². The van der Waals surface area contributed by atoms with Crippen LogP contribution in [0.25, 0.3) is 0 Å². The van der Waals surface area contributed by atoms with E-state index in [0.29, 0.717) is 0 Å². The van der Waals surface area contributed by atoms with Gasteiger partial charge < -0.3 is 10.3 Å². The van der Waals surface area contributed by atoms with Crippen LogP contribution in [0.15, 0.2) is 30.7 Å². The lowest BCUT2D eigenvalue weighted by Crippen LogP contribution is -1.91. The summed E-state index contributed by atoms with van der Waals surface area (Å²) in [6.07, 6.45) is 6.30. The van der Waals surface area contributed by atoms with Crippen molar-refractivity contribution in [3.8, 4) is 0 Å². The van der Waals surface area contributed by atoms with Crippen LogP contribution in [-0.2, 0) is 6.42 Å². The first-order chi connectivity index (χ1) is 6.88. The molecule has 0 fully saturated rings. The number of pyridine rings is 1. The third-order valence-corrected chi connectivity index (χ3v) is 1.98. The van der Waals surface area contributed by atoms with Crippen molar-refractivity contribution in [2.24, 2.45) is 0 Å². The topological polar surface area (TPSA) is 53.6 Å². The highest BCUT2D eigenvalue weighted by molar-refractivity contribution is 5.27. The van der Waals surface area contributed by atoms with E-state index in [1.165, 1.54) is 5.56 Å². The molecule has 0 amide bonds. The van der Waals surface area contributed by atoms with E-state index in [4.69, 9.17) is 0 Å². The number of rotatable bonds is 3. The van der Waals surface area contributed by atoms with Crippen molar-refractivity contribution in [3.63, 3.8) is 0 Å². The maximum Gasteiger partial charge on any atom is 0.200 e. The Morgan fingerprint density at radius 3 is 3.00 bits per heavy atom. The van der Waals surface area contributed by atoms with Crippen molar-refractivity contribution in [2.45, 2.75) is 6.42 Å². The number of nitrogens with one attached hydrogen (secondary N) is 2. The molecule has 0 bridgehead atoms. The Morgan fingerprint density at radius 2 is 2.36 bits per heavy atom. The molecule has 0 aliphatic carbocycles. The molecule has 0 saturated carbocycles. The zero-order valence-electron chi connectivity index (χ0n) is 7.99. The second-order valence-electron chi connectivity index (χ2n) is 3.05. The summed E-state index contributed by atoms with van der Waals surface area (Å²) >= 11 is 0. The molecule has 2 heterocycles. The molecule has 2 aromatic rings. The molecule has 0 radical (unpaired) electrons. The van der Waals surface area contributed by atoms with Crippen LogP contribution in [-0.4, -0.2) is 22.0 Å². The van der Waals surface area contributed by atoms with Gasteiger partial charge in [-0.15, -0.1) is 0 Å². The maximum atomic E-state index is 4.14. The third-order valence-electron chi connectivity index (χ3n) is 1.98. The van der Waals surface area contributed by atoms with Crippen LogP contribution in [0.2, 0.25) is 0 Å². The number of aromatic amines is 1. The predicted molar refractivity (Wildman–Crippen MR) is 55.2 cm³/mol. The summed E-state index contributed by atoms with van der Waals surface area (Å²) in [7, 11) is 1.84. The summed E-state index contributed by atoms with van der Waals surface area (Å²) in [6.45, 7) is 0. The first-order valence-electron chi connectivity index (χ1n) is 4.49. The number of H-pyrrole nitrogens is 1. The molecule has 0 aromatic carbocycles. The third kappa shape index (κ3) is 1.90. The van der Waals surface area contributed by atoms with Gasteiger partial charge in [-0.25, -0.2) is 4.98 Å². The lowest BCUT2D eigenvalue weighted by atomic mass is 10.2. The van der Waals surface area contributed by atoms with Gasteiger partial charge in [0.05, 0.1) is 6.20 Å². The number of imidazole rings is 1. The zero-order chi connectivity index (χ0) is 9.80. The highest BCUT2D eigenvalue weighted by Crippen LogP contribution is 2.07. The normalized spacial score (nSPS) is 10.1. The van der Waals surface area contributed by atoms with Gasteiger partial charge in [0.1, 0.15) is 0 Å². The van der Waals surface area contributed by atoms with Gasteiger partial charge in [0.25, 0.3) is 0 Å². The molecule has 2 rings (SSSR count). The molecule has 0 saturated heterocycles. The van der Waals surface area contributed by atoms with Gasteiger partial charge in [-0.2, -0.15) is 0 Å². The number of nitrogens with zero attached hydrogens (tertiary/aromatic N) is 2. The molecule has 4 heteroatoms. The van der Waals surface area contributed by atoms with E-state index in [1.54, 1.807) is 6.20 Å². The molecule has 0 spiro atoms. The molecular formula is C10H12N4. The molecule has 0 aliphatic heterocycles. The highest BCUT2D eigenvalue weighted by atomic mass is 15.1. The summed E-state index contributed by atoms with van der Waals surface area (Å²) < 4.78 is 0. The lowest BCUT2D eigenvalue weighted by molar-refractivity contribution is 1.08. The van der Waals surface area contributed by atoms with Gasteiger partial charge in [-0.1, -0.05) is 6.07 Å². The predicted octanol–water partition coefficient (Wildman–Crippen LogP) is 1.44. The lowest BCUT2D eigenvalue weighted by Gasteiger charge is -1.96. The van der Waals surface area contributed by atoms with E-state index in [2.05, 4.69) is 20.3 Å². The Hall–Kier alpha value is -1.84. The largest absolute Gasteiger partial charge is 0.359 e. The van der Waals surface area contributed by atoms with Crippen LogP contribution in [0.3, 0.4) is 0 Å². The maximum absolute atomic E-state index is 4.14. The van der Waals surface area contributed by atoms with Crippen molar-refractivity contribution in [3.05, 3.63) is 42.0 Å². The number of aromatic nitrogens is 3.